The highest BCUT2D eigenvalue weighted by atomic mass is 16.1. The third-order valence-corrected chi connectivity index (χ3v) is 4.31. The molecule has 0 aromatic heterocycles. The molecule has 0 spiro atoms. The minimum Gasteiger partial charge on any atom is -0.366 e. The van der Waals surface area contributed by atoms with E-state index in [1.807, 2.05) is 30.5 Å². The number of amides is 1. The van der Waals surface area contributed by atoms with Gasteiger partial charge in [-0.2, -0.15) is 0 Å². The van der Waals surface area contributed by atoms with Gasteiger partial charge >= 0.3 is 0 Å². The van der Waals surface area contributed by atoms with E-state index >= 15 is 0 Å². The topological polar surface area (TPSA) is 55.5 Å². The molecule has 0 fully saturated rings. The quantitative estimate of drug-likeness (QED) is 0.425. The molecule has 0 atom stereocenters. The van der Waals surface area contributed by atoms with Crippen molar-refractivity contribution < 1.29 is 4.79 Å². The molecule has 4 aromatic carbocycles. The van der Waals surface area contributed by atoms with Crippen LogP contribution >= 0.6 is 0 Å². The highest BCUT2D eigenvalue weighted by molar-refractivity contribution is 6.13. The lowest BCUT2D eigenvalue weighted by Gasteiger charge is -2.08. The SMILES string of the molecule is NC(=O)c1ccc(N=Cc2c3ccccc3cc3ccccc23)cc1. The van der Waals surface area contributed by atoms with E-state index in [-0.39, 0.29) is 0 Å². The third-order valence-electron chi connectivity index (χ3n) is 4.31. The number of nitrogens with two attached hydrogens (primary N) is 1. The fraction of sp³-hybridized carbons (Fsp3) is 0. The molecule has 0 aliphatic rings. The molecule has 0 saturated heterocycles. The summed E-state index contributed by atoms with van der Waals surface area (Å²) in [6.07, 6.45) is 1.89. The largest absolute Gasteiger partial charge is 0.366 e. The maximum atomic E-state index is 11.2. The van der Waals surface area contributed by atoms with Gasteiger partial charge in [-0.1, -0.05) is 48.5 Å². The van der Waals surface area contributed by atoms with Gasteiger partial charge in [0.2, 0.25) is 5.91 Å². The molecule has 3 nitrogen and oxygen atoms in total. The monoisotopic (exact) mass is 324 g/mol. The van der Waals surface area contributed by atoms with Crippen molar-refractivity contribution in [2.75, 3.05) is 0 Å². The number of primary amides is 1. The van der Waals surface area contributed by atoms with Crippen molar-refractivity contribution in [3.63, 3.8) is 0 Å². The van der Waals surface area contributed by atoms with Gasteiger partial charge in [0.15, 0.2) is 0 Å². The van der Waals surface area contributed by atoms with E-state index in [0.717, 1.165) is 11.3 Å². The van der Waals surface area contributed by atoms with Crippen LogP contribution in [0.15, 0.2) is 83.9 Å². The first-order valence-electron chi connectivity index (χ1n) is 8.07. The van der Waals surface area contributed by atoms with Crippen molar-refractivity contribution in [1.82, 2.24) is 0 Å². The van der Waals surface area contributed by atoms with Gasteiger partial charge < -0.3 is 5.73 Å². The molecule has 4 aromatic rings. The second kappa shape index (κ2) is 6.21. The standard InChI is InChI=1S/C22H16N2O/c23-22(25)15-9-11-18(12-10-15)24-14-21-19-7-3-1-5-16(19)13-17-6-2-4-8-20(17)21/h1-14H,(H2,23,25). The summed E-state index contributed by atoms with van der Waals surface area (Å²) < 4.78 is 0. The molecular weight excluding hydrogens is 308 g/mol. The summed E-state index contributed by atoms with van der Waals surface area (Å²) >= 11 is 0. The lowest BCUT2D eigenvalue weighted by atomic mass is 9.97. The zero-order valence-electron chi connectivity index (χ0n) is 13.5. The molecule has 0 unspecified atom stereocenters. The minimum absolute atomic E-state index is 0.435. The Morgan fingerprint density at radius 3 is 1.92 bits per heavy atom. The number of aliphatic imine (C=N–C) groups is 1. The smallest absolute Gasteiger partial charge is 0.248 e. The summed E-state index contributed by atoms with van der Waals surface area (Å²) in [6.45, 7) is 0. The molecule has 0 radical (unpaired) electrons. The van der Waals surface area contributed by atoms with Gasteiger partial charge in [0, 0.05) is 17.3 Å². The maximum Gasteiger partial charge on any atom is 0.248 e. The maximum absolute atomic E-state index is 11.2. The molecule has 0 aliphatic heterocycles. The fourth-order valence-corrected chi connectivity index (χ4v) is 3.04. The van der Waals surface area contributed by atoms with E-state index in [0.29, 0.717) is 5.56 Å². The van der Waals surface area contributed by atoms with Gasteiger partial charge in [0.1, 0.15) is 0 Å². The second-order valence-corrected chi connectivity index (χ2v) is 5.90. The molecular formula is C22H16N2O. The summed E-state index contributed by atoms with van der Waals surface area (Å²) in [5.41, 5.74) is 7.63. The summed E-state index contributed by atoms with van der Waals surface area (Å²) in [7, 11) is 0. The Morgan fingerprint density at radius 1 is 0.800 bits per heavy atom. The van der Waals surface area contributed by atoms with Crippen LogP contribution in [0.5, 0.6) is 0 Å². The Labute approximate surface area is 145 Å². The van der Waals surface area contributed by atoms with E-state index in [9.17, 15) is 4.79 Å². The number of carbonyl (C=O) groups excluding carboxylic acids is 1. The Hall–Kier alpha value is -3.46. The van der Waals surface area contributed by atoms with Crippen molar-refractivity contribution >= 4 is 39.4 Å². The lowest BCUT2D eigenvalue weighted by Crippen LogP contribution is -2.10. The molecule has 120 valence electrons. The van der Waals surface area contributed by atoms with E-state index < -0.39 is 5.91 Å². The van der Waals surface area contributed by atoms with Crippen LogP contribution in [0.25, 0.3) is 21.5 Å². The predicted octanol–water partition coefficient (Wildman–Crippen LogP) is 4.84. The molecule has 2 N–H and O–H groups in total. The van der Waals surface area contributed by atoms with Crippen molar-refractivity contribution in [3.05, 3.63) is 90.0 Å². The van der Waals surface area contributed by atoms with Crippen LogP contribution in [0.1, 0.15) is 15.9 Å². The number of carbonyl (C=O) groups is 1. The third kappa shape index (κ3) is 2.88. The van der Waals surface area contributed by atoms with Crippen LogP contribution < -0.4 is 5.73 Å². The van der Waals surface area contributed by atoms with E-state index in [2.05, 4.69) is 35.3 Å². The van der Waals surface area contributed by atoms with Gasteiger partial charge in [-0.25, -0.2) is 0 Å². The Balaban J connectivity index is 1.85. The van der Waals surface area contributed by atoms with E-state index in [1.165, 1.54) is 21.5 Å². The van der Waals surface area contributed by atoms with Crippen LogP contribution in [0.4, 0.5) is 5.69 Å². The first-order chi connectivity index (χ1) is 12.2. The lowest BCUT2D eigenvalue weighted by molar-refractivity contribution is 0.100. The highest BCUT2D eigenvalue weighted by Crippen LogP contribution is 2.27. The average molecular weight is 324 g/mol. The van der Waals surface area contributed by atoms with Gasteiger partial charge in [-0.3, -0.25) is 9.79 Å². The number of hydrogen-bond donors (Lipinski definition) is 1. The highest BCUT2D eigenvalue weighted by Gasteiger charge is 2.05. The molecule has 3 heteroatoms. The number of rotatable bonds is 3. The minimum atomic E-state index is -0.435. The van der Waals surface area contributed by atoms with Gasteiger partial charge in [-0.15, -0.1) is 0 Å². The van der Waals surface area contributed by atoms with Crippen LogP contribution in [-0.2, 0) is 0 Å². The summed E-state index contributed by atoms with van der Waals surface area (Å²) in [6, 6.07) is 25.8. The Bertz CT molecular complexity index is 1060. The molecule has 0 heterocycles. The number of hydrogen-bond acceptors (Lipinski definition) is 2. The molecule has 4 rings (SSSR count). The second-order valence-electron chi connectivity index (χ2n) is 5.90. The number of fused-ring (bicyclic) bond motifs is 2. The van der Waals surface area contributed by atoms with Crippen molar-refractivity contribution in [3.8, 4) is 0 Å². The fourth-order valence-electron chi connectivity index (χ4n) is 3.04. The Kier molecular flexibility index (Phi) is 3.75. The van der Waals surface area contributed by atoms with Crippen molar-refractivity contribution in [2.45, 2.75) is 0 Å². The van der Waals surface area contributed by atoms with Crippen molar-refractivity contribution in [1.29, 1.82) is 0 Å². The first kappa shape index (κ1) is 15.1. The van der Waals surface area contributed by atoms with Crippen LogP contribution in [0, 0.1) is 0 Å². The van der Waals surface area contributed by atoms with Crippen LogP contribution in [0.2, 0.25) is 0 Å². The van der Waals surface area contributed by atoms with Crippen molar-refractivity contribution in [2.24, 2.45) is 10.7 Å². The molecule has 0 bridgehead atoms. The van der Waals surface area contributed by atoms with Gasteiger partial charge in [0.25, 0.3) is 0 Å². The summed E-state index contributed by atoms with van der Waals surface area (Å²) in [4.78, 5) is 15.8. The summed E-state index contributed by atoms with van der Waals surface area (Å²) in [5, 5.41) is 4.70. The average Bonchev–Trinajstić information content (AvgIpc) is 2.65. The normalized spacial score (nSPS) is 11.4. The number of nitrogens with zero attached hydrogens (tertiary/aromatic N) is 1. The van der Waals surface area contributed by atoms with Crippen LogP contribution in [-0.4, -0.2) is 12.1 Å². The Morgan fingerprint density at radius 2 is 1.36 bits per heavy atom. The molecule has 1 amide bonds. The predicted molar refractivity (Wildman–Crippen MR) is 104 cm³/mol. The first-order valence-corrected chi connectivity index (χ1v) is 8.07. The zero-order chi connectivity index (χ0) is 17.2. The van der Waals surface area contributed by atoms with E-state index in [4.69, 9.17) is 5.73 Å². The van der Waals surface area contributed by atoms with Gasteiger partial charge in [-0.05, 0) is 51.9 Å². The number of benzene rings is 4. The zero-order valence-corrected chi connectivity index (χ0v) is 13.5. The van der Waals surface area contributed by atoms with Crippen LogP contribution in [0.3, 0.4) is 0 Å². The molecule has 0 aliphatic carbocycles. The van der Waals surface area contributed by atoms with Gasteiger partial charge in [0.05, 0.1) is 5.69 Å². The van der Waals surface area contributed by atoms with E-state index in [1.54, 1.807) is 24.3 Å². The summed E-state index contributed by atoms with van der Waals surface area (Å²) in [5.74, 6) is -0.435. The molecule has 0 saturated carbocycles. The molecule has 25 heavy (non-hydrogen) atoms.